The average molecular weight is 369 g/mol. The number of nitrogens with two attached hydrogens (primary N) is 1. The molecule has 0 radical (unpaired) electrons. The Labute approximate surface area is 149 Å². The normalized spacial score (nSPS) is 29.4. The van der Waals surface area contributed by atoms with Crippen molar-refractivity contribution >= 4 is 10.0 Å². The molecule has 0 amide bonds. The molecule has 0 spiro atoms. The Bertz CT molecular complexity index is 723. The van der Waals surface area contributed by atoms with Gasteiger partial charge in [0, 0.05) is 37.6 Å². The minimum absolute atomic E-state index is 0.311. The highest BCUT2D eigenvalue weighted by Gasteiger charge is 2.37. The van der Waals surface area contributed by atoms with E-state index in [-0.39, 0.29) is 0 Å². The zero-order valence-corrected chi connectivity index (χ0v) is 15.7. The maximum absolute atomic E-state index is 11.8. The van der Waals surface area contributed by atoms with Gasteiger partial charge in [-0.25, -0.2) is 12.7 Å². The van der Waals surface area contributed by atoms with Crippen molar-refractivity contribution in [3.63, 3.8) is 0 Å². The first-order chi connectivity index (χ1) is 11.9. The van der Waals surface area contributed by atoms with Crippen LogP contribution in [-0.4, -0.2) is 70.9 Å². The van der Waals surface area contributed by atoms with Crippen LogP contribution in [0.2, 0.25) is 0 Å². The number of hydrogen-bond acceptors (Lipinski definition) is 6. The average Bonchev–Trinajstić information content (AvgIpc) is 3.29. The number of nitrogens with zero attached hydrogens (tertiary/aromatic N) is 5. The molecule has 3 fully saturated rings. The molecule has 9 heteroatoms. The fourth-order valence-corrected chi connectivity index (χ4v) is 4.84. The van der Waals surface area contributed by atoms with Gasteiger partial charge < -0.3 is 10.3 Å². The summed E-state index contributed by atoms with van der Waals surface area (Å²) in [6.07, 6.45) is 6.59. The minimum atomic E-state index is -3.10. The van der Waals surface area contributed by atoms with Gasteiger partial charge >= 0.3 is 0 Å². The van der Waals surface area contributed by atoms with Gasteiger partial charge in [0.25, 0.3) is 0 Å². The van der Waals surface area contributed by atoms with Crippen LogP contribution in [0.5, 0.6) is 0 Å². The van der Waals surface area contributed by atoms with Crippen LogP contribution < -0.4 is 5.73 Å². The molecular formula is C16H28N6O2S. The lowest BCUT2D eigenvalue weighted by Crippen LogP contribution is -2.36. The summed E-state index contributed by atoms with van der Waals surface area (Å²) in [5.41, 5.74) is 5.95. The van der Waals surface area contributed by atoms with E-state index >= 15 is 0 Å². The fraction of sp³-hybridized carbons (Fsp3) is 0.875. The van der Waals surface area contributed by atoms with E-state index in [0.29, 0.717) is 31.1 Å². The summed E-state index contributed by atoms with van der Waals surface area (Å²) in [5, 5.41) is 9.00. The lowest BCUT2D eigenvalue weighted by atomic mass is 9.80. The van der Waals surface area contributed by atoms with Crippen molar-refractivity contribution < 1.29 is 8.42 Å². The van der Waals surface area contributed by atoms with Crippen molar-refractivity contribution in [3.8, 4) is 0 Å². The molecule has 140 valence electrons. The lowest BCUT2D eigenvalue weighted by Gasteiger charge is -2.32. The Morgan fingerprint density at radius 1 is 1.12 bits per heavy atom. The van der Waals surface area contributed by atoms with Crippen LogP contribution >= 0.6 is 0 Å². The maximum Gasteiger partial charge on any atom is 0.211 e. The molecule has 0 unspecified atom stereocenters. The number of hydrogen-bond donors (Lipinski definition) is 1. The van der Waals surface area contributed by atoms with E-state index in [1.165, 1.54) is 19.1 Å². The summed E-state index contributed by atoms with van der Waals surface area (Å²) in [4.78, 5) is 2.31. The molecule has 2 heterocycles. The minimum Gasteiger partial charge on any atom is -0.328 e. The lowest BCUT2D eigenvalue weighted by molar-refractivity contribution is 0.265. The van der Waals surface area contributed by atoms with Gasteiger partial charge in [-0.2, -0.15) is 0 Å². The molecule has 0 aromatic carbocycles. The van der Waals surface area contributed by atoms with Gasteiger partial charge in [-0.3, -0.25) is 4.90 Å². The van der Waals surface area contributed by atoms with Gasteiger partial charge in [0.05, 0.1) is 12.8 Å². The molecule has 1 aromatic rings. The Morgan fingerprint density at radius 3 is 2.52 bits per heavy atom. The van der Waals surface area contributed by atoms with Gasteiger partial charge in [-0.05, 0) is 38.6 Å². The van der Waals surface area contributed by atoms with Crippen LogP contribution in [-0.2, 0) is 16.6 Å². The molecule has 2 saturated carbocycles. The van der Waals surface area contributed by atoms with Crippen molar-refractivity contribution in [2.75, 3.05) is 32.4 Å². The third-order valence-electron chi connectivity index (χ3n) is 5.63. The van der Waals surface area contributed by atoms with Crippen LogP contribution in [0, 0.1) is 0 Å². The van der Waals surface area contributed by atoms with Crippen molar-refractivity contribution in [1.82, 2.24) is 24.0 Å². The monoisotopic (exact) mass is 368 g/mol. The molecule has 8 nitrogen and oxygen atoms in total. The van der Waals surface area contributed by atoms with Crippen molar-refractivity contribution in [2.24, 2.45) is 5.73 Å². The highest BCUT2D eigenvalue weighted by atomic mass is 32.2. The van der Waals surface area contributed by atoms with Crippen LogP contribution in [0.15, 0.2) is 0 Å². The van der Waals surface area contributed by atoms with Gasteiger partial charge in [0.15, 0.2) is 0 Å². The Kier molecular flexibility index (Phi) is 4.59. The van der Waals surface area contributed by atoms with Crippen molar-refractivity contribution in [1.29, 1.82) is 0 Å². The first-order valence-electron chi connectivity index (χ1n) is 9.28. The van der Waals surface area contributed by atoms with Gasteiger partial charge in [-0.1, -0.05) is 0 Å². The Morgan fingerprint density at radius 2 is 1.88 bits per heavy atom. The first kappa shape index (κ1) is 17.4. The van der Waals surface area contributed by atoms with Crippen LogP contribution in [0.3, 0.4) is 0 Å². The third-order valence-corrected chi connectivity index (χ3v) is 6.93. The summed E-state index contributed by atoms with van der Waals surface area (Å²) in [7, 11) is -3.10. The predicted octanol–water partition coefficient (Wildman–Crippen LogP) is 0.285. The van der Waals surface area contributed by atoms with E-state index in [1.807, 2.05) is 0 Å². The highest BCUT2D eigenvalue weighted by molar-refractivity contribution is 7.88. The van der Waals surface area contributed by atoms with E-state index in [9.17, 15) is 8.42 Å². The quantitative estimate of drug-likeness (QED) is 0.802. The molecule has 2 aliphatic carbocycles. The van der Waals surface area contributed by atoms with E-state index in [4.69, 9.17) is 5.73 Å². The SMILES string of the molecule is CS(=O)(=O)N1CCCN(Cc2nnc(C3CC(N)C3)n2C2CC2)CC1. The molecule has 2 N–H and O–H groups in total. The van der Waals surface area contributed by atoms with Crippen LogP contribution in [0.1, 0.15) is 55.7 Å². The largest absolute Gasteiger partial charge is 0.328 e. The second kappa shape index (κ2) is 6.61. The van der Waals surface area contributed by atoms with E-state index in [0.717, 1.165) is 50.5 Å². The Hall–Kier alpha value is -1.03. The summed E-state index contributed by atoms with van der Waals surface area (Å²) in [5.74, 6) is 2.61. The van der Waals surface area contributed by atoms with E-state index < -0.39 is 10.0 Å². The molecule has 1 saturated heterocycles. The zero-order valence-electron chi connectivity index (χ0n) is 14.8. The smallest absolute Gasteiger partial charge is 0.211 e. The van der Waals surface area contributed by atoms with E-state index in [1.54, 1.807) is 4.31 Å². The molecular weight excluding hydrogens is 340 g/mol. The molecule has 0 bridgehead atoms. The van der Waals surface area contributed by atoms with Gasteiger partial charge in [0.2, 0.25) is 10.0 Å². The topological polar surface area (TPSA) is 97.3 Å². The van der Waals surface area contributed by atoms with Crippen molar-refractivity contribution in [2.45, 2.75) is 56.7 Å². The molecule has 3 aliphatic rings. The van der Waals surface area contributed by atoms with Crippen molar-refractivity contribution in [3.05, 3.63) is 11.6 Å². The standard InChI is InChI=1S/C16H28N6O2S/c1-25(23,24)21-6-2-5-20(7-8-21)11-15-18-19-16(12-9-13(17)10-12)22(15)14-3-4-14/h12-14H,2-11,17H2,1H3. The van der Waals surface area contributed by atoms with E-state index in [2.05, 4.69) is 19.7 Å². The van der Waals surface area contributed by atoms with Crippen LogP contribution in [0.25, 0.3) is 0 Å². The second-order valence-corrected chi connectivity index (χ2v) is 9.78. The molecule has 25 heavy (non-hydrogen) atoms. The predicted molar refractivity (Wildman–Crippen MR) is 94.6 cm³/mol. The Balaban J connectivity index is 1.46. The number of aromatic nitrogens is 3. The van der Waals surface area contributed by atoms with Gasteiger partial charge in [0.1, 0.15) is 11.6 Å². The molecule has 1 aliphatic heterocycles. The molecule has 1 aromatic heterocycles. The summed E-state index contributed by atoms with van der Waals surface area (Å²) in [6.45, 7) is 3.55. The fourth-order valence-electron chi connectivity index (χ4n) is 3.96. The summed E-state index contributed by atoms with van der Waals surface area (Å²) >= 11 is 0. The third kappa shape index (κ3) is 3.74. The second-order valence-electron chi connectivity index (χ2n) is 7.80. The summed E-state index contributed by atoms with van der Waals surface area (Å²) < 4.78 is 27.5. The van der Waals surface area contributed by atoms with Crippen LogP contribution in [0.4, 0.5) is 0 Å². The van der Waals surface area contributed by atoms with Gasteiger partial charge in [-0.15, -0.1) is 10.2 Å². The first-order valence-corrected chi connectivity index (χ1v) is 11.1. The number of sulfonamides is 1. The zero-order chi connectivity index (χ0) is 17.6. The maximum atomic E-state index is 11.8. The molecule has 4 rings (SSSR count). The number of rotatable bonds is 5. The molecule has 0 atom stereocenters. The summed E-state index contributed by atoms with van der Waals surface area (Å²) in [6, 6.07) is 0.863. The highest BCUT2D eigenvalue weighted by Crippen LogP contribution is 2.42.